The molecule has 0 amide bonds. The van der Waals surface area contributed by atoms with Gasteiger partial charge < -0.3 is 4.90 Å². The molecule has 260 valence electrons. The molecule has 0 radical (unpaired) electrons. The zero-order valence-corrected chi connectivity index (χ0v) is 31.3. The first-order valence-corrected chi connectivity index (χ1v) is 18.9. The van der Waals surface area contributed by atoms with Crippen LogP contribution in [0.2, 0.25) is 0 Å². The minimum Gasteiger partial charge on any atom is -0.310 e. The third-order valence-electron chi connectivity index (χ3n) is 11.3. The van der Waals surface area contributed by atoms with Crippen molar-refractivity contribution < 1.29 is 0 Å². The van der Waals surface area contributed by atoms with Gasteiger partial charge in [-0.1, -0.05) is 166 Å². The van der Waals surface area contributed by atoms with E-state index in [1.54, 1.807) is 0 Å². The fourth-order valence-electron chi connectivity index (χ4n) is 8.70. The molecule has 1 aliphatic rings. The van der Waals surface area contributed by atoms with E-state index in [1.807, 2.05) is 0 Å². The van der Waals surface area contributed by atoms with Crippen LogP contribution in [0.4, 0.5) is 17.1 Å². The molecule has 8 aromatic rings. The monoisotopic (exact) mass is 693 g/mol. The van der Waals surface area contributed by atoms with Gasteiger partial charge in [-0.05, 0) is 128 Å². The Kier molecular flexibility index (Phi) is 8.36. The number of anilines is 3. The lowest BCUT2D eigenvalue weighted by molar-refractivity contribution is 0.660. The van der Waals surface area contributed by atoms with Gasteiger partial charge in [0, 0.05) is 16.8 Å². The van der Waals surface area contributed by atoms with E-state index in [0.29, 0.717) is 0 Å². The number of nitrogens with zero attached hydrogens (tertiary/aromatic N) is 1. The van der Waals surface area contributed by atoms with Crippen LogP contribution < -0.4 is 4.90 Å². The Bertz CT molecular complexity index is 2610. The van der Waals surface area contributed by atoms with E-state index in [-0.39, 0.29) is 5.41 Å². The quantitative estimate of drug-likeness (QED) is 0.161. The Morgan fingerprint density at radius 1 is 0.333 bits per heavy atom. The third kappa shape index (κ3) is 5.74. The number of hydrogen-bond acceptors (Lipinski definition) is 1. The minimum atomic E-state index is -0.103. The van der Waals surface area contributed by atoms with Gasteiger partial charge in [0.15, 0.2) is 0 Å². The van der Waals surface area contributed by atoms with Gasteiger partial charge >= 0.3 is 0 Å². The van der Waals surface area contributed by atoms with Crippen LogP contribution in [-0.2, 0) is 5.41 Å². The number of fused-ring (bicyclic) bond motifs is 3. The molecule has 0 aliphatic heterocycles. The van der Waals surface area contributed by atoms with Gasteiger partial charge in [-0.15, -0.1) is 0 Å². The average Bonchev–Trinajstić information content (AvgIpc) is 3.45. The molecule has 1 nitrogen and oxygen atoms in total. The van der Waals surface area contributed by atoms with E-state index in [9.17, 15) is 0 Å². The second-order valence-electron chi connectivity index (χ2n) is 15.1. The number of benzene rings is 8. The Morgan fingerprint density at radius 2 is 0.741 bits per heavy atom. The van der Waals surface area contributed by atoms with E-state index in [2.05, 4.69) is 221 Å². The van der Waals surface area contributed by atoms with Crippen LogP contribution in [0, 0.1) is 13.8 Å². The number of aryl methyl sites for hydroxylation is 2. The van der Waals surface area contributed by atoms with E-state index in [0.717, 1.165) is 11.4 Å². The summed E-state index contributed by atoms with van der Waals surface area (Å²) in [5.74, 6) is 0. The molecule has 0 fully saturated rings. The standard InChI is InChI=1S/C53H43N/c1-36-33-41(47-24-14-13-22-45(47)39-19-9-6-10-20-39)34-37(2)52(36)54(43-31-32-49-48-25-15-16-26-50(48)53(3,4)51(49)35-43)42-29-27-40(28-30-42)46-23-12-11-21-44(46)38-17-7-5-8-18-38/h5-35H,1-4H3. The molecule has 0 heterocycles. The maximum Gasteiger partial charge on any atom is 0.0520 e. The van der Waals surface area contributed by atoms with E-state index < -0.39 is 0 Å². The second kappa shape index (κ2) is 13.5. The summed E-state index contributed by atoms with van der Waals surface area (Å²) in [6.07, 6.45) is 0. The Hall–Kier alpha value is -6.44. The topological polar surface area (TPSA) is 3.24 Å². The van der Waals surface area contributed by atoms with Crippen molar-refractivity contribution in [2.24, 2.45) is 0 Å². The summed E-state index contributed by atoms with van der Waals surface area (Å²) in [5, 5.41) is 0. The molecule has 54 heavy (non-hydrogen) atoms. The maximum absolute atomic E-state index is 2.48. The van der Waals surface area contributed by atoms with Gasteiger partial charge in [-0.3, -0.25) is 0 Å². The fourth-order valence-corrected chi connectivity index (χ4v) is 8.70. The summed E-state index contributed by atoms with van der Waals surface area (Å²) in [6, 6.07) is 68.7. The summed E-state index contributed by atoms with van der Waals surface area (Å²) in [7, 11) is 0. The number of hydrogen-bond donors (Lipinski definition) is 0. The summed E-state index contributed by atoms with van der Waals surface area (Å²) in [4.78, 5) is 2.48. The van der Waals surface area contributed by atoms with Crippen molar-refractivity contribution >= 4 is 17.1 Å². The molecule has 1 aliphatic carbocycles. The summed E-state index contributed by atoms with van der Waals surface area (Å²) in [5.41, 5.74) is 21.1. The molecule has 0 spiro atoms. The lowest BCUT2D eigenvalue weighted by Crippen LogP contribution is -2.17. The highest BCUT2D eigenvalue weighted by Gasteiger charge is 2.36. The zero-order chi connectivity index (χ0) is 36.8. The second-order valence-corrected chi connectivity index (χ2v) is 15.1. The molecule has 0 aromatic heterocycles. The highest BCUT2D eigenvalue weighted by atomic mass is 15.1. The SMILES string of the molecule is Cc1cc(-c2ccccc2-c2ccccc2)cc(C)c1N(c1ccc(-c2ccccc2-c2ccccc2)cc1)c1ccc2c(c1)C(C)(C)c1ccccc1-2. The van der Waals surface area contributed by atoms with Crippen molar-refractivity contribution in [3.05, 3.63) is 210 Å². The van der Waals surface area contributed by atoms with E-state index in [4.69, 9.17) is 0 Å². The molecule has 0 saturated carbocycles. The molecule has 0 saturated heterocycles. The normalized spacial score (nSPS) is 12.6. The van der Waals surface area contributed by atoms with Gasteiger partial charge in [0.25, 0.3) is 0 Å². The lowest BCUT2D eigenvalue weighted by Gasteiger charge is -2.31. The molecular formula is C53H43N. The average molecular weight is 694 g/mol. The van der Waals surface area contributed by atoms with Crippen LogP contribution in [0.3, 0.4) is 0 Å². The fraction of sp³-hybridized carbons (Fsp3) is 0.0943. The molecular weight excluding hydrogens is 651 g/mol. The van der Waals surface area contributed by atoms with Crippen molar-refractivity contribution in [1.29, 1.82) is 0 Å². The van der Waals surface area contributed by atoms with Crippen molar-refractivity contribution in [2.45, 2.75) is 33.1 Å². The van der Waals surface area contributed by atoms with Crippen LogP contribution >= 0.6 is 0 Å². The van der Waals surface area contributed by atoms with E-state index >= 15 is 0 Å². The largest absolute Gasteiger partial charge is 0.310 e. The maximum atomic E-state index is 2.48. The molecule has 1 heteroatoms. The van der Waals surface area contributed by atoms with Gasteiger partial charge in [0.05, 0.1) is 5.69 Å². The van der Waals surface area contributed by atoms with Crippen LogP contribution in [0.5, 0.6) is 0 Å². The molecule has 0 atom stereocenters. The van der Waals surface area contributed by atoms with Crippen molar-refractivity contribution in [3.8, 4) is 55.6 Å². The van der Waals surface area contributed by atoms with E-state index in [1.165, 1.54) is 83.6 Å². The Labute approximate surface area is 319 Å². The van der Waals surface area contributed by atoms with Gasteiger partial charge in [-0.2, -0.15) is 0 Å². The highest BCUT2D eigenvalue weighted by Crippen LogP contribution is 2.51. The molecule has 8 aromatic carbocycles. The van der Waals surface area contributed by atoms with Crippen molar-refractivity contribution in [1.82, 2.24) is 0 Å². The number of rotatable bonds is 7. The first kappa shape index (κ1) is 33.4. The van der Waals surface area contributed by atoms with Gasteiger partial charge in [-0.25, -0.2) is 0 Å². The smallest absolute Gasteiger partial charge is 0.0520 e. The van der Waals surface area contributed by atoms with Crippen molar-refractivity contribution in [2.75, 3.05) is 4.90 Å². The lowest BCUT2D eigenvalue weighted by atomic mass is 9.82. The Balaban J connectivity index is 1.19. The summed E-state index contributed by atoms with van der Waals surface area (Å²) < 4.78 is 0. The molecule has 0 N–H and O–H groups in total. The van der Waals surface area contributed by atoms with Gasteiger partial charge in [0.2, 0.25) is 0 Å². The van der Waals surface area contributed by atoms with Crippen molar-refractivity contribution in [3.63, 3.8) is 0 Å². The summed E-state index contributed by atoms with van der Waals surface area (Å²) >= 11 is 0. The van der Waals surface area contributed by atoms with Crippen LogP contribution in [-0.4, -0.2) is 0 Å². The predicted molar refractivity (Wildman–Crippen MR) is 230 cm³/mol. The first-order valence-electron chi connectivity index (χ1n) is 18.9. The van der Waals surface area contributed by atoms with Crippen LogP contribution in [0.1, 0.15) is 36.1 Å². The highest BCUT2D eigenvalue weighted by molar-refractivity contribution is 5.91. The zero-order valence-electron chi connectivity index (χ0n) is 31.3. The van der Waals surface area contributed by atoms with Crippen LogP contribution in [0.15, 0.2) is 188 Å². The summed E-state index contributed by atoms with van der Waals surface area (Å²) in [6.45, 7) is 9.25. The van der Waals surface area contributed by atoms with Crippen LogP contribution in [0.25, 0.3) is 55.6 Å². The predicted octanol–water partition coefficient (Wildman–Crippen LogP) is 14.7. The molecule has 9 rings (SSSR count). The molecule has 0 bridgehead atoms. The van der Waals surface area contributed by atoms with Gasteiger partial charge in [0.1, 0.15) is 0 Å². The molecule has 0 unspecified atom stereocenters. The Morgan fingerprint density at radius 3 is 1.28 bits per heavy atom. The third-order valence-corrected chi connectivity index (χ3v) is 11.3. The first-order chi connectivity index (χ1) is 26.4. The minimum absolute atomic E-state index is 0.103.